The number of hydrogen-bond donors (Lipinski definition) is 3. The Bertz CT molecular complexity index is 957. The maximum atomic E-state index is 12.9. The first-order valence-electron chi connectivity index (χ1n) is 12.2. The molecule has 3 nitrogen and oxygen atoms in total. The quantitative estimate of drug-likeness (QED) is 0.287. The Morgan fingerprint density at radius 3 is 2.39 bits per heavy atom. The molecule has 3 aliphatic carbocycles. The van der Waals surface area contributed by atoms with Crippen LogP contribution in [0.2, 0.25) is 0 Å². The molecule has 2 saturated carbocycles. The van der Waals surface area contributed by atoms with Gasteiger partial charge < -0.3 is 15.3 Å². The summed E-state index contributed by atoms with van der Waals surface area (Å²) < 4.78 is 77.7. The second-order valence-electron chi connectivity index (χ2n) is 10.6. The van der Waals surface area contributed by atoms with Crippen molar-refractivity contribution >= 4 is 0 Å². The van der Waals surface area contributed by atoms with Crippen LogP contribution in [0.15, 0.2) is 59.3 Å². The average Bonchev–Trinajstić information content (AvgIpc) is 3.11. The van der Waals surface area contributed by atoms with Gasteiger partial charge in [-0.15, -0.1) is 0 Å². The largest absolute Gasteiger partial charge is 0.429 e. The van der Waals surface area contributed by atoms with E-state index in [1.54, 1.807) is 6.92 Å². The van der Waals surface area contributed by atoms with E-state index < -0.39 is 30.2 Å². The lowest BCUT2D eigenvalue weighted by molar-refractivity contribution is -0.347. The molecule has 2 fully saturated rings. The first kappa shape index (κ1) is 28.7. The van der Waals surface area contributed by atoms with E-state index in [4.69, 9.17) is 0 Å². The van der Waals surface area contributed by atoms with Gasteiger partial charge in [0.15, 0.2) is 0 Å². The molecule has 1 unspecified atom stereocenters. The number of fused-ring (bicyclic) bond motifs is 1. The number of aliphatic hydroxyl groups is 3. The van der Waals surface area contributed by atoms with Gasteiger partial charge >= 0.3 is 12.4 Å². The molecule has 0 radical (unpaired) electrons. The molecule has 3 aliphatic rings. The lowest BCUT2D eigenvalue weighted by atomic mass is 9.62. The van der Waals surface area contributed by atoms with Crippen molar-refractivity contribution in [2.45, 2.75) is 89.0 Å². The molecule has 0 spiro atoms. The van der Waals surface area contributed by atoms with Gasteiger partial charge in [0, 0.05) is 6.42 Å². The zero-order valence-corrected chi connectivity index (χ0v) is 20.5. The summed E-state index contributed by atoms with van der Waals surface area (Å²) in [4.78, 5) is 0. The topological polar surface area (TPSA) is 60.7 Å². The van der Waals surface area contributed by atoms with Crippen molar-refractivity contribution in [3.8, 4) is 0 Å². The van der Waals surface area contributed by atoms with Crippen LogP contribution < -0.4 is 0 Å². The van der Waals surface area contributed by atoms with Crippen molar-refractivity contribution in [2.75, 3.05) is 0 Å². The van der Waals surface area contributed by atoms with Gasteiger partial charge in [-0.1, -0.05) is 55.9 Å². The third kappa shape index (κ3) is 5.38. The molecule has 0 heterocycles. The van der Waals surface area contributed by atoms with Crippen molar-refractivity contribution in [1.82, 2.24) is 0 Å². The van der Waals surface area contributed by atoms with Gasteiger partial charge in [-0.3, -0.25) is 0 Å². The van der Waals surface area contributed by atoms with E-state index in [1.807, 2.05) is 18.2 Å². The number of allylic oxidation sites excluding steroid dienone is 6. The zero-order valence-electron chi connectivity index (χ0n) is 20.5. The SMILES string of the molecule is C=C1/C(=C\C=C2/CCC[C@]3(C)C([C@@H](C)C/C=C/C(O)(C(F)(F)F)C(F)(F)F)=CCC23)C[C@@H](O)C[C@@H]1O. The van der Waals surface area contributed by atoms with E-state index in [0.29, 0.717) is 12.0 Å². The van der Waals surface area contributed by atoms with Crippen LogP contribution in [-0.4, -0.2) is 45.5 Å². The fraction of sp³-hybridized carbons (Fsp3) is 0.630. The van der Waals surface area contributed by atoms with Gasteiger partial charge in [-0.05, 0) is 73.0 Å². The van der Waals surface area contributed by atoms with Crippen molar-refractivity contribution in [3.63, 3.8) is 0 Å². The summed E-state index contributed by atoms with van der Waals surface area (Å²) in [5.41, 5.74) is -1.56. The Balaban J connectivity index is 1.76. The summed E-state index contributed by atoms with van der Waals surface area (Å²) in [7, 11) is 0. The predicted octanol–water partition coefficient (Wildman–Crippen LogP) is 6.49. The van der Waals surface area contributed by atoms with E-state index in [2.05, 4.69) is 13.5 Å². The molecule has 0 aromatic heterocycles. The fourth-order valence-corrected chi connectivity index (χ4v) is 6.00. The molecule has 5 atom stereocenters. The second-order valence-corrected chi connectivity index (χ2v) is 10.6. The van der Waals surface area contributed by atoms with Crippen molar-refractivity contribution in [3.05, 3.63) is 59.3 Å². The highest BCUT2D eigenvalue weighted by Gasteiger charge is 2.68. The Morgan fingerprint density at radius 1 is 1.14 bits per heavy atom. The number of aliphatic hydroxyl groups excluding tert-OH is 2. The number of hydrogen-bond acceptors (Lipinski definition) is 3. The van der Waals surface area contributed by atoms with Crippen LogP contribution in [0.4, 0.5) is 26.3 Å². The average molecular weight is 521 g/mol. The van der Waals surface area contributed by atoms with Gasteiger partial charge in [0.1, 0.15) is 0 Å². The fourth-order valence-electron chi connectivity index (χ4n) is 6.00. The number of alkyl halides is 6. The molecular formula is C27H34F6O3. The first-order chi connectivity index (χ1) is 16.5. The normalized spacial score (nSPS) is 33.4. The van der Waals surface area contributed by atoms with Gasteiger partial charge in [0.05, 0.1) is 12.2 Å². The standard InChI is InChI=1S/C27H34F6O3/c1-16(6-4-13-25(36,26(28,29)30)27(31,32)33)21-10-11-22-18(7-5-12-24(21,22)3)8-9-19-14-20(34)15-23(35)17(19)2/h4,8-10,13,16,20,22-23,34-36H,2,5-7,11-12,14-15H2,1,3H3/b13-4+,18-8+,19-9-/t16-,20+,22?,23-,24+/m0/s1. The van der Waals surface area contributed by atoms with E-state index in [9.17, 15) is 41.7 Å². The van der Waals surface area contributed by atoms with Crippen LogP contribution in [0, 0.1) is 17.3 Å². The summed E-state index contributed by atoms with van der Waals surface area (Å²) >= 11 is 0. The molecule has 0 saturated heterocycles. The minimum atomic E-state index is -5.87. The van der Waals surface area contributed by atoms with Crippen LogP contribution in [0.25, 0.3) is 0 Å². The molecule has 0 bridgehead atoms. The number of halogens is 6. The summed E-state index contributed by atoms with van der Waals surface area (Å²) in [5.74, 6) is -0.151. The minimum Gasteiger partial charge on any atom is -0.393 e. The van der Waals surface area contributed by atoms with Crippen LogP contribution >= 0.6 is 0 Å². The van der Waals surface area contributed by atoms with E-state index in [0.717, 1.165) is 42.9 Å². The monoisotopic (exact) mass is 520 g/mol. The third-order valence-corrected chi connectivity index (χ3v) is 8.12. The molecule has 0 aromatic rings. The lowest BCUT2D eigenvalue weighted by Crippen LogP contribution is -2.55. The summed E-state index contributed by atoms with van der Waals surface area (Å²) in [5, 5.41) is 29.4. The minimum absolute atomic E-state index is 0.0681. The molecule has 9 heteroatoms. The Labute approximate surface area is 207 Å². The lowest BCUT2D eigenvalue weighted by Gasteiger charge is -2.42. The van der Waals surface area contributed by atoms with Gasteiger partial charge in [-0.25, -0.2) is 0 Å². The Morgan fingerprint density at radius 2 is 1.78 bits per heavy atom. The Hall–Kier alpha value is -1.84. The highest BCUT2D eigenvalue weighted by atomic mass is 19.4. The molecule has 0 aromatic carbocycles. The van der Waals surface area contributed by atoms with Crippen LogP contribution in [-0.2, 0) is 0 Å². The predicted molar refractivity (Wildman–Crippen MR) is 125 cm³/mol. The maximum Gasteiger partial charge on any atom is 0.429 e. The summed E-state index contributed by atoms with van der Waals surface area (Å²) in [6, 6.07) is 0. The number of rotatable bonds is 5. The van der Waals surface area contributed by atoms with Crippen molar-refractivity contribution in [1.29, 1.82) is 0 Å². The molecule has 36 heavy (non-hydrogen) atoms. The summed E-state index contributed by atoms with van der Waals surface area (Å²) in [6.45, 7) is 7.80. The highest BCUT2D eigenvalue weighted by molar-refractivity contribution is 5.40. The molecule has 0 aliphatic heterocycles. The second kappa shape index (κ2) is 10.1. The van der Waals surface area contributed by atoms with Crippen molar-refractivity contribution < 1.29 is 41.7 Å². The van der Waals surface area contributed by atoms with Crippen LogP contribution in [0.5, 0.6) is 0 Å². The zero-order chi connectivity index (χ0) is 27.1. The maximum absolute atomic E-state index is 12.9. The van der Waals surface area contributed by atoms with E-state index in [1.165, 1.54) is 5.57 Å². The van der Waals surface area contributed by atoms with Crippen LogP contribution in [0.1, 0.15) is 58.8 Å². The van der Waals surface area contributed by atoms with Gasteiger partial charge in [0.25, 0.3) is 5.60 Å². The molecule has 3 N–H and O–H groups in total. The summed E-state index contributed by atoms with van der Waals surface area (Å²) in [6.07, 6.45) is -2.69. The van der Waals surface area contributed by atoms with Gasteiger partial charge in [-0.2, -0.15) is 26.3 Å². The van der Waals surface area contributed by atoms with Gasteiger partial charge in [0.2, 0.25) is 0 Å². The smallest absolute Gasteiger partial charge is 0.393 e. The first-order valence-corrected chi connectivity index (χ1v) is 12.2. The van der Waals surface area contributed by atoms with Crippen LogP contribution in [0.3, 0.4) is 0 Å². The molecule has 3 rings (SSSR count). The van der Waals surface area contributed by atoms with E-state index >= 15 is 0 Å². The van der Waals surface area contributed by atoms with Crippen molar-refractivity contribution in [2.24, 2.45) is 17.3 Å². The molecular weight excluding hydrogens is 486 g/mol. The molecule has 202 valence electrons. The van der Waals surface area contributed by atoms with E-state index in [-0.39, 0.29) is 36.2 Å². The highest BCUT2D eigenvalue weighted by Crippen LogP contribution is 2.57. The Kier molecular flexibility index (Phi) is 8.09. The third-order valence-electron chi connectivity index (χ3n) is 8.12. The molecule has 0 amide bonds.